The highest BCUT2D eigenvalue weighted by molar-refractivity contribution is 6.35. The molecule has 0 radical (unpaired) electrons. The van der Waals surface area contributed by atoms with Gasteiger partial charge in [0.15, 0.2) is 0 Å². The normalized spacial score (nSPS) is 15.4. The Kier molecular flexibility index (Phi) is 3.91. The van der Waals surface area contributed by atoms with Gasteiger partial charge < -0.3 is 14.6 Å². The summed E-state index contributed by atoms with van der Waals surface area (Å²) >= 11 is 5.96. The van der Waals surface area contributed by atoms with Crippen molar-refractivity contribution >= 4 is 35.1 Å². The number of benzene rings is 1. The number of hydrogen-bond donors (Lipinski definition) is 1. The first-order valence-corrected chi connectivity index (χ1v) is 5.88. The Hall–Kier alpha value is -2.12. The van der Waals surface area contributed by atoms with Crippen LogP contribution in [0.1, 0.15) is 10.4 Å². The van der Waals surface area contributed by atoms with Crippen molar-refractivity contribution < 1.29 is 29.0 Å². The number of hydrogen-bond acceptors (Lipinski definition) is 5. The van der Waals surface area contributed by atoms with Crippen LogP contribution in [-0.2, 0) is 14.3 Å². The third-order valence-electron chi connectivity index (χ3n) is 2.69. The monoisotopic (exact) mass is 299 g/mol. The van der Waals surface area contributed by atoms with Crippen molar-refractivity contribution in [2.24, 2.45) is 0 Å². The zero-order valence-electron chi connectivity index (χ0n) is 10.4. The van der Waals surface area contributed by atoms with E-state index in [9.17, 15) is 14.4 Å². The molecule has 1 heterocycles. The lowest BCUT2D eigenvalue weighted by Crippen LogP contribution is -2.46. The minimum Gasteiger partial charge on any atom is -0.496 e. The zero-order chi connectivity index (χ0) is 14.9. The van der Waals surface area contributed by atoms with Crippen LogP contribution in [0.2, 0.25) is 5.02 Å². The molecule has 0 aliphatic carbocycles. The molecule has 0 bridgehead atoms. The molecule has 1 N–H and O–H groups in total. The Labute approximate surface area is 118 Å². The van der Waals surface area contributed by atoms with Crippen molar-refractivity contribution in [2.75, 3.05) is 25.2 Å². The summed E-state index contributed by atoms with van der Waals surface area (Å²) in [6, 6.07) is 2.38. The Bertz CT molecular complexity index is 584. The fraction of sp³-hybridized carbons (Fsp3) is 0.250. The molecule has 2 rings (SSSR count). The van der Waals surface area contributed by atoms with Gasteiger partial charge in [-0.15, -0.1) is 0 Å². The topological polar surface area (TPSA) is 93.1 Å². The van der Waals surface area contributed by atoms with Gasteiger partial charge in [0.25, 0.3) is 11.8 Å². The number of ether oxygens (including phenoxy) is 2. The molecule has 106 valence electrons. The Morgan fingerprint density at radius 3 is 2.45 bits per heavy atom. The van der Waals surface area contributed by atoms with Crippen LogP contribution < -0.4 is 9.64 Å². The van der Waals surface area contributed by atoms with E-state index in [0.29, 0.717) is 0 Å². The molecular formula is C12H10ClNO6. The average Bonchev–Trinajstić information content (AvgIpc) is 2.39. The van der Waals surface area contributed by atoms with Crippen LogP contribution in [0.25, 0.3) is 0 Å². The van der Waals surface area contributed by atoms with Gasteiger partial charge in [0.05, 0.1) is 17.8 Å². The molecule has 1 aromatic carbocycles. The summed E-state index contributed by atoms with van der Waals surface area (Å²) in [5.41, 5.74) is -0.0822. The summed E-state index contributed by atoms with van der Waals surface area (Å²) < 4.78 is 9.74. The third kappa shape index (κ3) is 2.45. The van der Waals surface area contributed by atoms with Crippen LogP contribution in [0.5, 0.6) is 5.75 Å². The Morgan fingerprint density at radius 2 is 1.95 bits per heavy atom. The molecule has 0 spiro atoms. The highest BCUT2D eigenvalue weighted by Crippen LogP contribution is 2.34. The molecule has 1 saturated heterocycles. The van der Waals surface area contributed by atoms with E-state index in [0.717, 1.165) is 11.0 Å². The highest BCUT2D eigenvalue weighted by atomic mass is 35.5. The van der Waals surface area contributed by atoms with Crippen LogP contribution in [-0.4, -0.2) is 43.2 Å². The minimum atomic E-state index is -1.23. The van der Waals surface area contributed by atoms with E-state index in [2.05, 4.69) is 0 Å². The number of carbonyl (C=O) groups is 3. The number of rotatable bonds is 3. The number of carbonyl (C=O) groups excluding carboxylic acids is 2. The number of methoxy groups -OCH3 is 1. The third-order valence-corrected chi connectivity index (χ3v) is 2.99. The maximum atomic E-state index is 11.7. The van der Waals surface area contributed by atoms with Crippen molar-refractivity contribution in [1.29, 1.82) is 0 Å². The summed E-state index contributed by atoms with van der Waals surface area (Å²) in [5, 5.41) is 8.98. The predicted molar refractivity (Wildman–Crippen MR) is 68.3 cm³/mol. The van der Waals surface area contributed by atoms with E-state index in [1.165, 1.54) is 13.2 Å². The van der Waals surface area contributed by atoms with Gasteiger partial charge in [-0.3, -0.25) is 9.59 Å². The second kappa shape index (κ2) is 5.48. The summed E-state index contributed by atoms with van der Waals surface area (Å²) in [6.45, 7) is -0.490. The lowest BCUT2D eigenvalue weighted by Gasteiger charge is -2.26. The fourth-order valence-electron chi connectivity index (χ4n) is 1.81. The first kappa shape index (κ1) is 14.3. The first-order valence-electron chi connectivity index (χ1n) is 5.50. The van der Waals surface area contributed by atoms with Crippen molar-refractivity contribution in [1.82, 2.24) is 0 Å². The molecule has 1 aromatic rings. The van der Waals surface area contributed by atoms with Crippen LogP contribution in [0.3, 0.4) is 0 Å². The van der Waals surface area contributed by atoms with Crippen LogP contribution in [0.15, 0.2) is 12.1 Å². The fourth-order valence-corrected chi connectivity index (χ4v) is 2.06. The number of anilines is 1. The van der Waals surface area contributed by atoms with Crippen LogP contribution >= 0.6 is 11.6 Å². The predicted octanol–water partition coefficient (Wildman–Crippen LogP) is 0.937. The van der Waals surface area contributed by atoms with Crippen LogP contribution in [0, 0.1) is 0 Å². The molecule has 0 aromatic heterocycles. The average molecular weight is 300 g/mol. The van der Waals surface area contributed by atoms with Crippen LogP contribution in [0.4, 0.5) is 5.69 Å². The Balaban J connectivity index is 2.54. The van der Waals surface area contributed by atoms with E-state index < -0.39 is 17.8 Å². The molecule has 1 aliphatic rings. The molecular weight excluding hydrogens is 290 g/mol. The van der Waals surface area contributed by atoms with Crippen molar-refractivity contribution in [2.45, 2.75) is 0 Å². The standard InChI is InChI=1S/C12H10ClNO6/c1-19-9-3-8(7(13)2-6(9)12(17)18)14-10(15)4-20-5-11(14)16/h2-3H,4-5H2,1H3,(H,17,18). The summed E-state index contributed by atoms with van der Waals surface area (Å²) in [7, 11) is 1.28. The van der Waals surface area contributed by atoms with Gasteiger partial charge in [0.2, 0.25) is 0 Å². The Morgan fingerprint density at radius 1 is 1.35 bits per heavy atom. The van der Waals surface area contributed by atoms with E-state index in [1.807, 2.05) is 0 Å². The summed E-state index contributed by atoms with van der Waals surface area (Å²) in [5.74, 6) is -2.37. The largest absolute Gasteiger partial charge is 0.496 e. The van der Waals surface area contributed by atoms with Gasteiger partial charge in [-0.2, -0.15) is 0 Å². The lowest BCUT2D eigenvalue weighted by atomic mass is 10.1. The second-order valence-electron chi connectivity index (χ2n) is 3.92. The minimum absolute atomic E-state index is 0.00370. The molecule has 0 unspecified atom stereocenters. The first-order chi connectivity index (χ1) is 9.45. The van der Waals surface area contributed by atoms with E-state index in [-0.39, 0.29) is 35.2 Å². The SMILES string of the molecule is COc1cc(N2C(=O)COCC2=O)c(Cl)cc1C(=O)O. The van der Waals surface area contributed by atoms with E-state index in [4.69, 9.17) is 26.2 Å². The van der Waals surface area contributed by atoms with Crippen molar-refractivity contribution in [3.63, 3.8) is 0 Å². The van der Waals surface area contributed by atoms with Gasteiger partial charge in [-0.05, 0) is 6.07 Å². The number of morpholine rings is 1. The quantitative estimate of drug-likeness (QED) is 0.835. The van der Waals surface area contributed by atoms with Gasteiger partial charge in [0.1, 0.15) is 24.5 Å². The molecule has 0 atom stereocenters. The number of nitrogens with zero attached hydrogens (tertiary/aromatic N) is 1. The number of carboxylic acid groups (broad SMARTS) is 1. The van der Waals surface area contributed by atoms with Crippen molar-refractivity contribution in [3.05, 3.63) is 22.7 Å². The number of aromatic carboxylic acids is 1. The maximum absolute atomic E-state index is 11.7. The van der Waals surface area contributed by atoms with Crippen molar-refractivity contribution in [3.8, 4) is 5.75 Å². The second-order valence-corrected chi connectivity index (χ2v) is 4.33. The molecule has 0 saturated carbocycles. The van der Waals surface area contributed by atoms with Gasteiger partial charge >= 0.3 is 5.97 Å². The van der Waals surface area contributed by atoms with E-state index in [1.54, 1.807) is 0 Å². The summed E-state index contributed by atoms with van der Waals surface area (Å²) in [6.07, 6.45) is 0. The molecule has 20 heavy (non-hydrogen) atoms. The van der Waals surface area contributed by atoms with Gasteiger partial charge in [0, 0.05) is 6.07 Å². The number of halogens is 1. The lowest BCUT2D eigenvalue weighted by molar-refractivity contribution is -0.138. The zero-order valence-corrected chi connectivity index (χ0v) is 11.1. The highest BCUT2D eigenvalue weighted by Gasteiger charge is 2.31. The number of amides is 2. The smallest absolute Gasteiger partial charge is 0.339 e. The van der Waals surface area contributed by atoms with E-state index >= 15 is 0 Å². The number of imide groups is 1. The van der Waals surface area contributed by atoms with Gasteiger partial charge in [-0.25, -0.2) is 9.69 Å². The molecule has 7 nitrogen and oxygen atoms in total. The molecule has 2 amide bonds. The molecule has 8 heteroatoms. The van der Waals surface area contributed by atoms with Gasteiger partial charge in [-0.1, -0.05) is 11.6 Å². The maximum Gasteiger partial charge on any atom is 0.339 e. The summed E-state index contributed by atoms with van der Waals surface area (Å²) in [4.78, 5) is 35.4. The molecule has 1 fully saturated rings. The number of carboxylic acids is 1. The molecule has 1 aliphatic heterocycles.